The van der Waals surface area contributed by atoms with Crippen LogP contribution in [0, 0.1) is 11.8 Å². The van der Waals surface area contributed by atoms with Gasteiger partial charge in [0.05, 0.1) is 0 Å². The van der Waals surface area contributed by atoms with Crippen molar-refractivity contribution >= 4 is 18.0 Å². The number of nitrogens with one attached hydrogen (secondary N) is 2. The first kappa shape index (κ1) is 26.9. The summed E-state index contributed by atoms with van der Waals surface area (Å²) in [5.41, 5.74) is 1.71. The molecule has 0 aliphatic carbocycles. The Morgan fingerprint density at radius 1 is 0.706 bits per heavy atom. The SMILES string of the molecule is CC[C@H](C)[C@H](NC(=O)OCc1ccccc1)C(=O)N[C@H](C(=O)OCc1ccccc1)[C@@H](C)CC. The number of rotatable bonds is 12. The van der Waals surface area contributed by atoms with Crippen LogP contribution in [0.2, 0.25) is 0 Å². The molecule has 7 nitrogen and oxygen atoms in total. The normalized spacial score (nSPS) is 14.2. The zero-order valence-electron chi connectivity index (χ0n) is 20.5. The van der Waals surface area contributed by atoms with Crippen LogP contribution in [-0.2, 0) is 32.3 Å². The lowest BCUT2D eigenvalue weighted by atomic mass is 9.95. The van der Waals surface area contributed by atoms with Crippen LogP contribution in [0.1, 0.15) is 51.7 Å². The quantitative estimate of drug-likeness (QED) is 0.444. The van der Waals surface area contributed by atoms with Crippen molar-refractivity contribution in [1.29, 1.82) is 0 Å². The first-order valence-electron chi connectivity index (χ1n) is 11.8. The molecule has 34 heavy (non-hydrogen) atoms. The van der Waals surface area contributed by atoms with Gasteiger partial charge in [-0.2, -0.15) is 0 Å². The van der Waals surface area contributed by atoms with Crippen LogP contribution in [0.5, 0.6) is 0 Å². The number of alkyl carbamates (subject to hydrolysis) is 1. The van der Waals surface area contributed by atoms with Gasteiger partial charge >= 0.3 is 12.1 Å². The van der Waals surface area contributed by atoms with E-state index in [2.05, 4.69) is 10.6 Å². The molecule has 2 rings (SSSR count). The molecular formula is C27H36N2O5. The van der Waals surface area contributed by atoms with Crippen molar-refractivity contribution in [2.24, 2.45) is 11.8 Å². The predicted octanol–water partition coefficient (Wildman–Crippen LogP) is 4.60. The number of hydrogen-bond donors (Lipinski definition) is 2. The summed E-state index contributed by atoms with van der Waals surface area (Å²) in [6, 6.07) is 17.0. The Labute approximate surface area is 202 Å². The van der Waals surface area contributed by atoms with Crippen molar-refractivity contribution in [3.8, 4) is 0 Å². The van der Waals surface area contributed by atoms with Gasteiger partial charge in [-0.25, -0.2) is 9.59 Å². The third kappa shape index (κ3) is 8.54. The molecule has 2 aromatic carbocycles. The molecule has 0 spiro atoms. The molecule has 2 N–H and O–H groups in total. The standard InChI is InChI=1S/C27H36N2O5/c1-5-19(3)23(29-27(32)34-18-22-15-11-8-12-16-22)25(30)28-24(20(4)6-2)26(31)33-17-21-13-9-7-10-14-21/h7-16,19-20,23-24H,5-6,17-18H2,1-4H3,(H,28,30)(H,29,32)/t19-,20-,23-,24-/m0/s1. The molecule has 0 saturated heterocycles. The van der Waals surface area contributed by atoms with Gasteiger partial charge in [0.1, 0.15) is 25.3 Å². The zero-order chi connectivity index (χ0) is 24.9. The van der Waals surface area contributed by atoms with Gasteiger partial charge < -0.3 is 20.1 Å². The first-order chi connectivity index (χ1) is 16.3. The number of amides is 2. The molecule has 0 unspecified atom stereocenters. The highest BCUT2D eigenvalue weighted by molar-refractivity contribution is 5.90. The Morgan fingerprint density at radius 2 is 1.18 bits per heavy atom. The molecule has 2 aromatic rings. The van der Waals surface area contributed by atoms with Crippen molar-refractivity contribution < 1.29 is 23.9 Å². The summed E-state index contributed by atoms with van der Waals surface area (Å²) >= 11 is 0. The number of esters is 1. The number of carbonyl (C=O) groups is 3. The number of hydrogen-bond acceptors (Lipinski definition) is 5. The predicted molar refractivity (Wildman–Crippen MR) is 131 cm³/mol. The molecule has 0 aromatic heterocycles. The third-order valence-corrected chi connectivity index (χ3v) is 5.97. The number of carbonyl (C=O) groups excluding carboxylic acids is 3. The summed E-state index contributed by atoms with van der Waals surface area (Å²) in [7, 11) is 0. The molecule has 2 amide bonds. The Bertz CT molecular complexity index is 904. The minimum Gasteiger partial charge on any atom is -0.459 e. The summed E-state index contributed by atoms with van der Waals surface area (Å²) in [4.78, 5) is 38.4. The van der Waals surface area contributed by atoms with Crippen LogP contribution in [0.4, 0.5) is 4.79 Å². The van der Waals surface area contributed by atoms with E-state index in [9.17, 15) is 14.4 Å². The van der Waals surface area contributed by atoms with Crippen molar-refractivity contribution in [3.05, 3.63) is 71.8 Å². The Kier molecular flexibility index (Phi) is 11.1. The van der Waals surface area contributed by atoms with Crippen molar-refractivity contribution in [3.63, 3.8) is 0 Å². The van der Waals surface area contributed by atoms with E-state index in [4.69, 9.17) is 9.47 Å². The highest BCUT2D eigenvalue weighted by Crippen LogP contribution is 2.14. The summed E-state index contributed by atoms with van der Waals surface area (Å²) in [6.07, 6.45) is 0.645. The summed E-state index contributed by atoms with van der Waals surface area (Å²) in [5, 5.41) is 5.49. The van der Waals surface area contributed by atoms with Crippen molar-refractivity contribution in [2.45, 2.75) is 65.8 Å². The fraction of sp³-hybridized carbons (Fsp3) is 0.444. The topological polar surface area (TPSA) is 93.7 Å². The van der Waals surface area contributed by atoms with Gasteiger partial charge in [0, 0.05) is 0 Å². The van der Waals surface area contributed by atoms with E-state index >= 15 is 0 Å². The van der Waals surface area contributed by atoms with Crippen LogP contribution in [-0.4, -0.2) is 30.1 Å². The molecular weight excluding hydrogens is 432 g/mol. The molecule has 7 heteroatoms. The molecule has 0 heterocycles. The fourth-order valence-electron chi connectivity index (χ4n) is 3.32. The van der Waals surface area contributed by atoms with Crippen LogP contribution in [0.15, 0.2) is 60.7 Å². The zero-order valence-corrected chi connectivity index (χ0v) is 20.5. The average Bonchev–Trinajstić information content (AvgIpc) is 2.87. The van der Waals surface area contributed by atoms with E-state index in [1.165, 1.54) is 0 Å². The second-order valence-corrected chi connectivity index (χ2v) is 8.53. The molecule has 0 radical (unpaired) electrons. The van der Waals surface area contributed by atoms with Gasteiger partial charge in [-0.3, -0.25) is 4.79 Å². The maximum Gasteiger partial charge on any atom is 0.408 e. The Balaban J connectivity index is 2.02. The summed E-state index contributed by atoms with van der Waals surface area (Å²) < 4.78 is 10.8. The van der Waals surface area contributed by atoms with E-state index in [0.717, 1.165) is 11.1 Å². The molecule has 184 valence electrons. The van der Waals surface area contributed by atoms with Crippen molar-refractivity contribution in [2.75, 3.05) is 0 Å². The second kappa shape index (κ2) is 14.0. The molecule has 0 aliphatic rings. The van der Waals surface area contributed by atoms with Gasteiger partial charge in [-0.15, -0.1) is 0 Å². The van der Waals surface area contributed by atoms with Crippen molar-refractivity contribution in [1.82, 2.24) is 10.6 Å². The van der Waals surface area contributed by atoms with E-state index < -0.39 is 30.1 Å². The smallest absolute Gasteiger partial charge is 0.408 e. The monoisotopic (exact) mass is 468 g/mol. The summed E-state index contributed by atoms with van der Waals surface area (Å²) in [6.45, 7) is 7.86. The highest BCUT2D eigenvalue weighted by atomic mass is 16.5. The van der Waals surface area contributed by atoms with Gasteiger partial charge in [-0.1, -0.05) is 101 Å². The molecule has 0 aliphatic heterocycles. The third-order valence-electron chi connectivity index (χ3n) is 5.97. The van der Waals surface area contributed by atoms with Gasteiger partial charge in [0.2, 0.25) is 5.91 Å². The van der Waals surface area contributed by atoms with E-state index in [1.54, 1.807) is 0 Å². The number of benzene rings is 2. The molecule has 4 atom stereocenters. The highest BCUT2D eigenvalue weighted by Gasteiger charge is 2.33. The molecule has 0 bridgehead atoms. The van der Waals surface area contributed by atoms with Crippen LogP contribution < -0.4 is 10.6 Å². The van der Waals surface area contributed by atoms with Gasteiger partial charge in [0.25, 0.3) is 0 Å². The Morgan fingerprint density at radius 3 is 1.68 bits per heavy atom. The second-order valence-electron chi connectivity index (χ2n) is 8.53. The molecule has 0 saturated carbocycles. The van der Waals surface area contributed by atoms with Crippen LogP contribution in [0.3, 0.4) is 0 Å². The summed E-state index contributed by atoms with van der Waals surface area (Å²) in [5.74, 6) is -1.24. The fourth-order valence-corrected chi connectivity index (χ4v) is 3.32. The van der Waals surface area contributed by atoms with Crippen LogP contribution in [0.25, 0.3) is 0 Å². The van der Waals surface area contributed by atoms with Gasteiger partial charge in [0.15, 0.2) is 0 Å². The average molecular weight is 469 g/mol. The Hall–Kier alpha value is -3.35. The maximum absolute atomic E-state index is 13.2. The van der Waals surface area contributed by atoms with Gasteiger partial charge in [-0.05, 0) is 23.0 Å². The van der Waals surface area contributed by atoms with E-state index in [-0.39, 0.29) is 25.0 Å². The lowest BCUT2D eigenvalue weighted by Crippen LogP contribution is -2.55. The van der Waals surface area contributed by atoms with Crippen LogP contribution >= 0.6 is 0 Å². The lowest BCUT2D eigenvalue weighted by Gasteiger charge is -2.28. The maximum atomic E-state index is 13.2. The van der Waals surface area contributed by atoms with E-state index in [1.807, 2.05) is 88.4 Å². The largest absolute Gasteiger partial charge is 0.459 e. The van der Waals surface area contributed by atoms with E-state index in [0.29, 0.717) is 12.8 Å². The lowest BCUT2D eigenvalue weighted by molar-refractivity contribution is -0.151. The minimum atomic E-state index is -0.846. The molecule has 0 fully saturated rings. The minimum absolute atomic E-state index is 0.100. The number of ether oxygens (including phenoxy) is 2. The first-order valence-corrected chi connectivity index (χ1v) is 11.8.